The highest BCUT2D eigenvalue weighted by molar-refractivity contribution is 5.93. The van der Waals surface area contributed by atoms with Crippen molar-refractivity contribution in [2.24, 2.45) is 10.9 Å². The van der Waals surface area contributed by atoms with Gasteiger partial charge in [0.15, 0.2) is 0 Å². The minimum Gasteiger partial charge on any atom is -0.363 e. The Bertz CT molecular complexity index is 294. The molecule has 2 nitrogen and oxygen atoms in total. The number of nitrogens with zero attached hydrogens (tertiary/aromatic N) is 2. The Hall–Kier alpha value is -1.05. The maximum atomic E-state index is 4.52. The van der Waals surface area contributed by atoms with Crippen molar-refractivity contribution in [3.05, 3.63) is 23.4 Å². The van der Waals surface area contributed by atoms with Gasteiger partial charge < -0.3 is 4.90 Å². The first-order valence-electron chi connectivity index (χ1n) is 5.97. The SMILES string of the molecule is CC/C(C)=C/N=C(\C=C(/C)C(C)C)N(C)C. The number of hydrogen-bond acceptors (Lipinski definition) is 1. The Balaban J connectivity index is 4.96. The van der Waals surface area contributed by atoms with Crippen LogP contribution in [0.3, 0.4) is 0 Å². The lowest BCUT2D eigenvalue weighted by Gasteiger charge is -2.14. The van der Waals surface area contributed by atoms with Gasteiger partial charge in [-0.3, -0.25) is 0 Å². The molecule has 0 aromatic carbocycles. The van der Waals surface area contributed by atoms with E-state index >= 15 is 0 Å². The van der Waals surface area contributed by atoms with Gasteiger partial charge in [0.2, 0.25) is 0 Å². The summed E-state index contributed by atoms with van der Waals surface area (Å²) in [6, 6.07) is 0. The lowest BCUT2D eigenvalue weighted by Crippen LogP contribution is -2.20. The maximum absolute atomic E-state index is 4.52. The number of amidine groups is 1. The normalized spacial score (nSPS) is 14.6. The molecular weight excluding hydrogens is 196 g/mol. The molecule has 0 unspecified atom stereocenters. The fraction of sp³-hybridized carbons (Fsp3) is 0.643. The molecule has 0 fully saturated rings. The Kier molecular flexibility index (Phi) is 6.78. The summed E-state index contributed by atoms with van der Waals surface area (Å²) in [5, 5.41) is 0. The van der Waals surface area contributed by atoms with Crippen LogP contribution in [0.1, 0.15) is 41.0 Å². The van der Waals surface area contributed by atoms with Crippen LogP contribution in [0.15, 0.2) is 28.4 Å². The summed E-state index contributed by atoms with van der Waals surface area (Å²) in [6.45, 7) is 10.8. The molecule has 0 radical (unpaired) electrons. The zero-order valence-corrected chi connectivity index (χ0v) is 11.8. The van der Waals surface area contributed by atoms with Crippen molar-refractivity contribution in [1.29, 1.82) is 0 Å². The lowest BCUT2D eigenvalue weighted by molar-refractivity contribution is 0.624. The molecule has 0 aliphatic heterocycles. The maximum Gasteiger partial charge on any atom is 0.127 e. The second kappa shape index (κ2) is 7.26. The average Bonchev–Trinajstić information content (AvgIpc) is 2.22. The van der Waals surface area contributed by atoms with Crippen LogP contribution < -0.4 is 0 Å². The first kappa shape index (κ1) is 14.9. The van der Waals surface area contributed by atoms with Crippen LogP contribution in [-0.4, -0.2) is 24.8 Å². The summed E-state index contributed by atoms with van der Waals surface area (Å²) >= 11 is 0. The molecule has 0 rings (SSSR count). The smallest absolute Gasteiger partial charge is 0.127 e. The number of aliphatic imine (C=N–C) groups is 1. The highest BCUT2D eigenvalue weighted by Gasteiger charge is 2.01. The second-order valence-corrected chi connectivity index (χ2v) is 4.75. The predicted molar refractivity (Wildman–Crippen MR) is 73.8 cm³/mol. The fourth-order valence-corrected chi connectivity index (χ4v) is 0.920. The van der Waals surface area contributed by atoms with Gasteiger partial charge in [-0.1, -0.05) is 31.9 Å². The standard InChI is InChI=1S/C14H26N2/c1-8-12(4)10-15-14(16(6)7)9-13(5)11(2)3/h9-11H,8H2,1-7H3/b12-10+,13-9+,15-14+. The molecule has 0 N–H and O–H groups in total. The molecule has 0 bridgehead atoms. The lowest BCUT2D eigenvalue weighted by atomic mass is 10.1. The minimum atomic E-state index is 0.571. The second-order valence-electron chi connectivity index (χ2n) is 4.75. The van der Waals surface area contributed by atoms with E-state index in [4.69, 9.17) is 0 Å². The summed E-state index contributed by atoms with van der Waals surface area (Å²) < 4.78 is 0. The van der Waals surface area contributed by atoms with Crippen molar-refractivity contribution in [1.82, 2.24) is 4.90 Å². The third-order valence-corrected chi connectivity index (χ3v) is 2.70. The van der Waals surface area contributed by atoms with E-state index in [1.54, 1.807) is 0 Å². The molecule has 92 valence electrons. The van der Waals surface area contributed by atoms with E-state index in [-0.39, 0.29) is 0 Å². The third kappa shape index (κ3) is 5.74. The van der Waals surface area contributed by atoms with Gasteiger partial charge in [0, 0.05) is 20.3 Å². The predicted octanol–water partition coefficient (Wildman–Crippen LogP) is 3.86. The highest BCUT2D eigenvalue weighted by atomic mass is 15.1. The molecule has 0 aliphatic rings. The van der Waals surface area contributed by atoms with Crippen LogP contribution in [0.25, 0.3) is 0 Å². The van der Waals surface area contributed by atoms with Gasteiger partial charge in [-0.2, -0.15) is 0 Å². The number of likely N-dealkylation sites (N-methyl/N-ethyl adjacent to an activating group) is 1. The molecular formula is C14H26N2. The van der Waals surface area contributed by atoms with Gasteiger partial charge in [0.1, 0.15) is 5.84 Å². The Morgan fingerprint density at radius 2 is 1.81 bits per heavy atom. The monoisotopic (exact) mass is 222 g/mol. The van der Waals surface area contributed by atoms with Crippen LogP contribution in [0.5, 0.6) is 0 Å². The number of hydrogen-bond donors (Lipinski definition) is 0. The van der Waals surface area contributed by atoms with Crippen molar-refractivity contribution < 1.29 is 0 Å². The van der Waals surface area contributed by atoms with Crippen molar-refractivity contribution >= 4 is 5.84 Å². The minimum absolute atomic E-state index is 0.571. The quantitative estimate of drug-likeness (QED) is 0.521. The molecule has 0 aromatic rings. The Morgan fingerprint density at radius 1 is 1.25 bits per heavy atom. The van der Waals surface area contributed by atoms with E-state index in [0.717, 1.165) is 12.3 Å². The molecule has 2 heteroatoms. The molecule has 0 saturated carbocycles. The van der Waals surface area contributed by atoms with Crippen LogP contribution in [0.4, 0.5) is 0 Å². The van der Waals surface area contributed by atoms with Gasteiger partial charge in [-0.05, 0) is 32.3 Å². The molecule has 0 atom stereocenters. The van der Waals surface area contributed by atoms with Crippen LogP contribution >= 0.6 is 0 Å². The van der Waals surface area contributed by atoms with Crippen molar-refractivity contribution in [3.8, 4) is 0 Å². The largest absolute Gasteiger partial charge is 0.363 e. The zero-order valence-electron chi connectivity index (χ0n) is 11.8. The van der Waals surface area contributed by atoms with Crippen molar-refractivity contribution in [2.45, 2.75) is 41.0 Å². The molecule has 0 amide bonds. The van der Waals surface area contributed by atoms with Crippen molar-refractivity contribution in [2.75, 3.05) is 14.1 Å². The molecule has 16 heavy (non-hydrogen) atoms. The first-order valence-corrected chi connectivity index (χ1v) is 5.97. The molecule has 0 aromatic heterocycles. The van der Waals surface area contributed by atoms with E-state index in [9.17, 15) is 0 Å². The van der Waals surface area contributed by atoms with E-state index in [2.05, 4.69) is 45.7 Å². The van der Waals surface area contributed by atoms with Gasteiger partial charge in [0.05, 0.1) is 0 Å². The number of allylic oxidation sites excluding steroid dienone is 2. The summed E-state index contributed by atoms with van der Waals surface area (Å²) in [7, 11) is 4.05. The van der Waals surface area contributed by atoms with Crippen LogP contribution in [0, 0.1) is 5.92 Å². The summed E-state index contributed by atoms with van der Waals surface area (Å²) in [5.41, 5.74) is 2.66. The Labute approximate surface area is 101 Å². The van der Waals surface area contributed by atoms with E-state index in [1.165, 1.54) is 11.1 Å². The summed E-state index contributed by atoms with van der Waals surface area (Å²) in [4.78, 5) is 6.57. The average molecular weight is 222 g/mol. The zero-order chi connectivity index (χ0) is 12.7. The number of rotatable bonds is 4. The molecule has 0 spiro atoms. The summed E-state index contributed by atoms with van der Waals surface area (Å²) in [6.07, 6.45) is 5.17. The first-order chi connectivity index (χ1) is 7.38. The van der Waals surface area contributed by atoms with Gasteiger partial charge in [0.25, 0.3) is 0 Å². The Morgan fingerprint density at radius 3 is 2.19 bits per heavy atom. The molecule has 0 saturated heterocycles. The van der Waals surface area contributed by atoms with E-state index < -0.39 is 0 Å². The van der Waals surface area contributed by atoms with Gasteiger partial charge >= 0.3 is 0 Å². The molecule has 0 heterocycles. The van der Waals surface area contributed by atoms with E-state index in [1.807, 2.05) is 25.2 Å². The van der Waals surface area contributed by atoms with Gasteiger partial charge in [-0.25, -0.2) is 4.99 Å². The van der Waals surface area contributed by atoms with Crippen LogP contribution in [0.2, 0.25) is 0 Å². The van der Waals surface area contributed by atoms with Crippen molar-refractivity contribution in [3.63, 3.8) is 0 Å². The topological polar surface area (TPSA) is 15.6 Å². The van der Waals surface area contributed by atoms with E-state index in [0.29, 0.717) is 5.92 Å². The highest BCUT2D eigenvalue weighted by Crippen LogP contribution is 2.09. The fourth-order valence-electron chi connectivity index (χ4n) is 0.920. The molecule has 0 aliphatic carbocycles. The van der Waals surface area contributed by atoms with Gasteiger partial charge in [-0.15, -0.1) is 0 Å². The third-order valence-electron chi connectivity index (χ3n) is 2.70. The summed E-state index contributed by atoms with van der Waals surface area (Å²) in [5.74, 6) is 1.58. The van der Waals surface area contributed by atoms with Crippen LogP contribution in [-0.2, 0) is 0 Å².